The third-order valence-corrected chi connectivity index (χ3v) is 5.57. The minimum atomic E-state index is -3.69. The van der Waals surface area contributed by atoms with Crippen molar-refractivity contribution < 1.29 is 22.7 Å². The molecule has 0 fully saturated rings. The first-order chi connectivity index (χ1) is 14.0. The number of amides is 1. The van der Waals surface area contributed by atoms with Crippen LogP contribution in [-0.2, 0) is 21.4 Å². The number of nitrogens with one attached hydrogen (secondary N) is 1. The zero-order valence-corrected chi connectivity index (χ0v) is 19.3. The number of anilines is 1. The molecular weight excluding hydrogens is 428 g/mol. The molecule has 0 heterocycles. The van der Waals surface area contributed by atoms with Crippen molar-refractivity contribution in [3.8, 4) is 11.5 Å². The number of aryl methyl sites for hydroxylation is 1. The second-order valence-electron chi connectivity index (χ2n) is 7.13. The van der Waals surface area contributed by atoms with E-state index >= 15 is 0 Å². The highest BCUT2D eigenvalue weighted by atomic mass is 35.5. The summed E-state index contributed by atoms with van der Waals surface area (Å²) >= 11 is 6.02. The highest BCUT2D eigenvalue weighted by Crippen LogP contribution is 2.29. The van der Waals surface area contributed by atoms with E-state index in [9.17, 15) is 13.2 Å². The maximum Gasteiger partial charge on any atom is 0.241 e. The van der Waals surface area contributed by atoms with Gasteiger partial charge in [-0.2, -0.15) is 0 Å². The third-order valence-electron chi connectivity index (χ3n) is 4.21. The third kappa shape index (κ3) is 6.53. The molecule has 0 aromatic heterocycles. The van der Waals surface area contributed by atoms with E-state index in [1.54, 1.807) is 38.3 Å². The molecule has 0 radical (unpaired) electrons. The summed E-state index contributed by atoms with van der Waals surface area (Å²) in [5.41, 5.74) is 1.86. The van der Waals surface area contributed by atoms with Gasteiger partial charge in [-0.25, -0.2) is 8.42 Å². The fraction of sp³-hybridized carbons (Fsp3) is 0.381. The van der Waals surface area contributed by atoms with Crippen molar-refractivity contribution >= 4 is 33.2 Å². The molecule has 7 nitrogen and oxygen atoms in total. The zero-order chi connectivity index (χ0) is 22.5. The molecule has 0 saturated heterocycles. The monoisotopic (exact) mass is 454 g/mol. The number of sulfonamides is 1. The van der Waals surface area contributed by atoms with Gasteiger partial charge in [0.2, 0.25) is 15.9 Å². The lowest BCUT2D eigenvalue weighted by atomic mass is 10.2. The van der Waals surface area contributed by atoms with Crippen LogP contribution in [0.5, 0.6) is 11.5 Å². The van der Waals surface area contributed by atoms with Crippen molar-refractivity contribution in [3.63, 3.8) is 0 Å². The molecule has 0 bridgehead atoms. The predicted molar refractivity (Wildman–Crippen MR) is 119 cm³/mol. The molecule has 0 spiro atoms. The summed E-state index contributed by atoms with van der Waals surface area (Å²) < 4.78 is 36.6. The van der Waals surface area contributed by atoms with Crippen LogP contribution >= 0.6 is 11.6 Å². The summed E-state index contributed by atoms with van der Waals surface area (Å²) in [4.78, 5) is 12.5. The maximum absolute atomic E-state index is 12.5. The van der Waals surface area contributed by atoms with E-state index in [1.165, 1.54) is 6.07 Å². The van der Waals surface area contributed by atoms with Crippen LogP contribution in [0.15, 0.2) is 36.4 Å². The van der Waals surface area contributed by atoms with Crippen LogP contribution in [0.4, 0.5) is 5.69 Å². The van der Waals surface area contributed by atoms with Crippen molar-refractivity contribution in [1.82, 2.24) is 5.32 Å². The maximum atomic E-state index is 12.5. The molecule has 0 saturated carbocycles. The number of carbonyl (C=O) groups excluding carboxylic acids is 1. The smallest absolute Gasteiger partial charge is 0.241 e. The largest absolute Gasteiger partial charge is 0.493 e. The second kappa shape index (κ2) is 10.0. The molecule has 2 rings (SSSR count). The number of hydrogen-bond donors (Lipinski definition) is 1. The van der Waals surface area contributed by atoms with Gasteiger partial charge < -0.3 is 14.8 Å². The zero-order valence-electron chi connectivity index (χ0n) is 17.7. The molecule has 0 unspecified atom stereocenters. The lowest BCUT2D eigenvalue weighted by Gasteiger charge is -2.24. The number of nitrogens with zero attached hydrogens (tertiary/aromatic N) is 1. The Hall–Kier alpha value is -2.45. The number of methoxy groups -OCH3 is 1. The van der Waals surface area contributed by atoms with Gasteiger partial charge in [-0.1, -0.05) is 23.7 Å². The van der Waals surface area contributed by atoms with Gasteiger partial charge in [0.1, 0.15) is 6.54 Å². The number of benzene rings is 2. The Morgan fingerprint density at radius 2 is 1.87 bits per heavy atom. The Morgan fingerprint density at radius 1 is 1.17 bits per heavy atom. The quantitative estimate of drug-likeness (QED) is 0.626. The SMILES string of the molecule is COc1cc(CNC(=O)CN(c2cc(Cl)ccc2C)S(C)(=O)=O)ccc1OC(C)C. The van der Waals surface area contributed by atoms with Gasteiger partial charge in [-0.05, 0) is 56.2 Å². The van der Waals surface area contributed by atoms with Crippen molar-refractivity contribution in [1.29, 1.82) is 0 Å². The van der Waals surface area contributed by atoms with Gasteiger partial charge in [0.05, 0.1) is 25.2 Å². The van der Waals surface area contributed by atoms with E-state index in [1.807, 2.05) is 19.9 Å². The summed E-state index contributed by atoms with van der Waals surface area (Å²) in [5.74, 6) is 0.728. The molecule has 2 aromatic carbocycles. The van der Waals surface area contributed by atoms with Crippen LogP contribution in [0, 0.1) is 6.92 Å². The number of ether oxygens (including phenoxy) is 2. The molecule has 9 heteroatoms. The minimum Gasteiger partial charge on any atom is -0.493 e. The molecular formula is C21H27ClN2O5S. The second-order valence-corrected chi connectivity index (χ2v) is 9.47. The Balaban J connectivity index is 2.12. The topological polar surface area (TPSA) is 84.9 Å². The Labute approximate surface area is 183 Å². The molecule has 1 N–H and O–H groups in total. The van der Waals surface area contributed by atoms with E-state index in [2.05, 4.69) is 5.32 Å². The van der Waals surface area contributed by atoms with Crippen molar-refractivity contribution in [2.24, 2.45) is 0 Å². The first-order valence-electron chi connectivity index (χ1n) is 9.35. The highest BCUT2D eigenvalue weighted by molar-refractivity contribution is 7.92. The van der Waals surface area contributed by atoms with E-state index in [0.29, 0.717) is 27.8 Å². The first kappa shape index (κ1) is 23.8. The summed E-state index contributed by atoms with van der Waals surface area (Å²) in [7, 11) is -2.14. The lowest BCUT2D eigenvalue weighted by molar-refractivity contribution is -0.119. The van der Waals surface area contributed by atoms with Gasteiger partial charge in [0, 0.05) is 11.6 Å². The predicted octanol–water partition coefficient (Wildman–Crippen LogP) is 3.53. The van der Waals surface area contributed by atoms with Gasteiger partial charge in [0.15, 0.2) is 11.5 Å². The number of halogens is 1. The van der Waals surface area contributed by atoms with E-state index in [4.69, 9.17) is 21.1 Å². The van der Waals surface area contributed by atoms with Gasteiger partial charge in [0.25, 0.3) is 0 Å². The van der Waals surface area contributed by atoms with Gasteiger partial charge >= 0.3 is 0 Å². The Bertz CT molecular complexity index is 1010. The Morgan fingerprint density at radius 3 is 2.47 bits per heavy atom. The summed E-state index contributed by atoms with van der Waals surface area (Å²) in [5, 5.41) is 3.13. The van der Waals surface area contributed by atoms with Gasteiger partial charge in [-0.3, -0.25) is 9.10 Å². The molecule has 0 aliphatic carbocycles. The van der Waals surface area contributed by atoms with E-state index < -0.39 is 15.9 Å². The van der Waals surface area contributed by atoms with Crippen molar-refractivity contribution in [2.45, 2.75) is 33.4 Å². The molecule has 30 heavy (non-hydrogen) atoms. The van der Waals surface area contributed by atoms with Crippen LogP contribution in [-0.4, -0.2) is 40.3 Å². The molecule has 1 amide bonds. The van der Waals surface area contributed by atoms with Crippen molar-refractivity contribution in [2.75, 3.05) is 24.2 Å². The summed E-state index contributed by atoms with van der Waals surface area (Å²) in [6.07, 6.45) is 1.06. The number of hydrogen-bond acceptors (Lipinski definition) is 5. The van der Waals surface area contributed by atoms with Crippen LogP contribution in [0.1, 0.15) is 25.0 Å². The van der Waals surface area contributed by atoms with E-state index in [-0.39, 0.29) is 19.2 Å². The van der Waals surface area contributed by atoms with Crippen LogP contribution < -0.4 is 19.1 Å². The van der Waals surface area contributed by atoms with Crippen molar-refractivity contribution in [3.05, 3.63) is 52.5 Å². The van der Waals surface area contributed by atoms with Gasteiger partial charge in [-0.15, -0.1) is 0 Å². The lowest BCUT2D eigenvalue weighted by Crippen LogP contribution is -2.40. The number of carbonyl (C=O) groups is 1. The fourth-order valence-electron chi connectivity index (χ4n) is 2.79. The minimum absolute atomic E-state index is 0.00127. The summed E-state index contributed by atoms with van der Waals surface area (Å²) in [6, 6.07) is 10.3. The highest BCUT2D eigenvalue weighted by Gasteiger charge is 2.22. The molecule has 0 aliphatic heterocycles. The summed E-state index contributed by atoms with van der Waals surface area (Å²) in [6.45, 7) is 5.45. The molecule has 164 valence electrons. The molecule has 0 aliphatic rings. The average Bonchev–Trinajstić information content (AvgIpc) is 2.66. The Kier molecular flexibility index (Phi) is 7.97. The molecule has 2 aromatic rings. The van der Waals surface area contributed by atoms with Crippen LogP contribution in [0.2, 0.25) is 5.02 Å². The standard InChI is InChI=1S/C21H27ClN2O5S/c1-14(2)29-19-9-7-16(10-20(19)28-4)12-23-21(25)13-24(30(5,26)27)18-11-17(22)8-6-15(18)3/h6-11,14H,12-13H2,1-5H3,(H,23,25). The normalized spacial score (nSPS) is 11.3. The molecule has 0 atom stereocenters. The number of rotatable bonds is 9. The van der Waals surface area contributed by atoms with Crippen LogP contribution in [0.3, 0.4) is 0 Å². The van der Waals surface area contributed by atoms with Crippen LogP contribution in [0.25, 0.3) is 0 Å². The fourth-order valence-corrected chi connectivity index (χ4v) is 3.86. The first-order valence-corrected chi connectivity index (χ1v) is 11.6. The average molecular weight is 455 g/mol. The van der Waals surface area contributed by atoms with E-state index in [0.717, 1.165) is 16.1 Å².